The highest BCUT2D eigenvalue weighted by atomic mass is 16.5. The van der Waals surface area contributed by atoms with Crippen molar-refractivity contribution in [2.75, 3.05) is 55.1 Å². The molecular formula is C15H26N2O4. The van der Waals surface area contributed by atoms with Crippen molar-refractivity contribution in [1.82, 2.24) is 10.2 Å². The van der Waals surface area contributed by atoms with E-state index >= 15 is 0 Å². The third-order valence-electron chi connectivity index (χ3n) is 3.24. The topological polar surface area (TPSA) is 63.2 Å². The molecule has 0 aromatic heterocycles. The highest BCUT2D eigenvalue weighted by Gasteiger charge is 2.19. The number of hydrogen-bond donors (Lipinski definition) is 2. The number of nitrogens with zero attached hydrogens (tertiary/aromatic N) is 1. The molecule has 6 heteroatoms. The van der Waals surface area contributed by atoms with E-state index in [4.69, 9.17) is 14.2 Å². The monoisotopic (exact) mass is 298 g/mol. The SMILES string of the molecule is COc1cc(OC)c(C(CO)NCCN(C)C)cc1OC. The highest BCUT2D eigenvalue weighted by molar-refractivity contribution is 5.51. The molecule has 0 fully saturated rings. The van der Waals surface area contributed by atoms with E-state index in [1.54, 1.807) is 27.4 Å². The smallest absolute Gasteiger partial charge is 0.164 e. The summed E-state index contributed by atoms with van der Waals surface area (Å²) in [7, 11) is 8.77. The average Bonchev–Trinajstić information content (AvgIpc) is 2.50. The summed E-state index contributed by atoms with van der Waals surface area (Å²) < 4.78 is 16.0. The summed E-state index contributed by atoms with van der Waals surface area (Å²) in [5.74, 6) is 1.87. The second-order valence-electron chi connectivity index (χ2n) is 4.94. The van der Waals surface area contributed by atoms with Gasteiger partial charge in [0, 0.05) is 24.7 Å². The molecule has 0 aliphatic heterocycles. The van der Waals surface area contributed by atoms with Crippen molar-refractivity contribution in [3.8, 4) is 17.2 Å². The molecule has 21 heavy (non-hydrogen) atoms. The predicted molar refractivity (Wildman–Crippen MR) is 82.5 cm³/mol. The maximum absolute atomic E-state index is 9.65. The van der Waals surface area contributed by atoms with Crippen molar-refractivity contribution < 1.29 is 19.3 Å². The first-order chi connectivity index (χ1) is 10.1. The predicted octanol–water partition coefficient (Wildman–Crippen LogP) is 0.897. The first-order valence-electron chi connectivity index (χ1n) is 6.86. The number of aliphatic hydroxyl groups is 1. The van der Waals surface area contributed by atoms with E-state index in [-0.39, 0.29) is 12.6 Å². The van der Waals surface area contributed by atoms with E-state index in [1.807, 2.05) is 20.2 Å². The number of hydrogen-bond acceptors (Lipinski definition) is 6. The van der Waals surface area contributed by atoms with E-state index in [0.29, 0.717) is 17.2 Å². The Kier molecular flexibility index (Phi) is 7.28. The van der Waals surface area contributed by atoms with E-state index in [9.17, 15) is 5.11 Å². The molecule has 1 unspecified atom stereocenters. The molecule has 120 valence electrons. The molecule has 0 amide bonds. The molecule has 1 atom stereocenters. The summed E-state index contributed by atoms with van der Waals surface area (Å²) >= 11 is 0. The number of nitrogens with one attached hydrogen (secondary N) is 1. The van der Waals surface area contributed by atoms with Crippen molar-refractivity contribution >= 4 is 0 Å². The van der Waals surface area contributed by atoms with Crippen LogP contribution in [0.5, 0.6) is 17.2 Å². The number of rotatable bonds is 9. The lowest BCUT2D eigenvalue weighted by atomic mass is 10.0. The maximum atomic E-state index is 9.65. The summed E-state index contributed by atoms with van der Waals surface area (Å²) in [6, 6.07) is 3.38. The molecular weight excluding hydrogens is 272 g/mol. The summed E-state index contributed by atoms with van der Waals surface area (Å²) in [4.78, 5) is 2.08. The van der Waals surface area contributed by atoms with Gasteiger partial charge in [0.05, 0.1) is 34.0 Å². The van der Waals surface area contributed by atoms with Crippen LogP contribution in [0.2, 0.25) is 0 Å². The molecule has 2 N–H and O–H groups in total. The Morgan fingerprint density at radius 2 is 1.62 bits per heavy atom. The maximum Gasteiger partial charge on any atom is 0.164 e. The molecule has 1 aromatic rings. The van der Waals surface area contributed by atoms with Gasteiger partial charge in [0.1, 0.15) is 5.75 Å². The minimum Gasteiger partial charge on any atom is -0.496 e. The van der Waals surface area contributed by atoms with Crippen LogP contribution in [0.1, 0.15) is 11.6 Å². The normalized spacial score (nSPS) is 12.3. The van der Waals surface area contributed by atoms with Crippen LogP contribution < -0.4 is 19.5 Å². The summed E-state index contributed by atoms with van der Waals surface area (Å²) in [6.07, 6.45) is 0. The number of benzene rings is 1. The quantitative estimate of drug-likeness (QED) is 0.706. The van der Waals surface area contributed by atoms with Crippen LogP contribution in [-0.4, -0.2) is 65.1 Å². The second kappa shape index (κ2) is 8.71. The van der Waals surface area contributed by atoms with Gasteiger partial charge in [-0.25, -0.2) is 0 Å². The van der Waals surface area contributed by atoms with Gasteiger partial charge in [-0.2, -0.15) is 0 Å². The molecule has 0 saturated heterocycles. The van der Waals surface area contributed by atoms with Crippen molar-refractivity contribution in [3.63, 3.8) is 0 Å². The lowest BCUT2D eigenvalue weighted by Crippen LogP contribution is -2.31. The molecule has 0 heterocycles. The molecule has 0 aliphatic rings. The Hall–Kier alpha value is -1.50. The number of aliphatic hydroxyl groups excluding tert-OH is 1. The second-order valence-corrected chi connectivity index (χ2v) is 4.94. The van der Waals surface area contributed by atoms with Crippen LogP contribution in [0.25, 0.3) is 0 Å². The van der Waals surface area contributed by atoms with Gasteiger partial charge in [0.2, 0.25) is 0 Å². The molecule has 1 rings (SSSR count). The number of ether oxygens (including phenoxy) is 3. The van der Waals surface area contributed by atoms with Crippen LogP contribution >= 0.6 is 0 Å². The molecule has 0 aliphatic carbocycles. The summed E-state index contributed by atoms with van der Waals surface area (Å²) in [5, 5.41) is 13.0. The van der Waals surface area contributed by atoms with Gasteiger partial charge >= 0.3 is 0 Å². The minimum absolute atomic E-state index is 0.0285. The third-order valence-corrected chi connectivity index (χ3v) is 3.24. The fourth-order valence-electron chi connectivity index (χ4n) is 2.06. The van der Waals surface area contributed by atoms with Crippen LogP contribution in [-0.2, 0) is 0 Å². The number of methoxy groups -OCH3 is 3. The minimum atomic E-state index is -0.222. The molecule has 1 aromatic carbocycles. The van der Waals surface area contributed by atoms with E-state index in [2.05, 4.69) is 10.2 Å². The fourth-order valence-corrected chi connectivity index (χ4v) is 2.06. The van der Waals surface area contributed by atoms with Gasteiger partial charge in [-0.1, -0.05) is 0 Å². The van der Waals surface area contributed by atoms with E-state index < -0.39 is 0 Å². The van der Waals surface area contributed by atoms with Gasteiger partial charge in [-0.15, -0.1) is 0 Å². The van der Waals surface area contributed by atoms with Gasteiger partial charge in [-0.05, 0) is 20.2 Å². The molecule has 0 radical (unpaired) electrons. The Morgan fingerprint density at radius 3 is 2.10 bits per heavy atom. The largest absolute Gasteiger partial charge is 0.496 e. The fraction of sp³-hybridized carbons (Fsp3) is 0.600. The van der Waals surface area contributed by atoms with Crippen LogP contribution in [0, 0.1) is 0 Å². The molecule has 0 bridgehead atoms. The summed E-state index contributed by atoms with van der Waals surface area (Å²) in [5.41, 5.74) is 0.844. The first-order valence-corrected chi connectivity index (χ1v) is 6.86. The summed E-state index contributed by atoms with van der Waals surface area (Å²) in [6.45, 7) is 1.61. The zero-order valence-electron chi connectivity index (χ0n) is 13.5. The standard InChI is InChI=1S/C15H26N2O4/c1-17(2)7-6-16-12(10-18)11-8-14(20-4)15(21-5)9-13(11)19-3/h8-9,12,16,18H,6-7,10H2,1-5H3. The number of likely N-dealkylation sites (N-methyl/N-ethyl adjacent to an activating group) is 1. The Morgan fingerprint density at radius 1 is 1.05 bits per heavy atom. The van der Waals surface area contributed by atoms with Gasteiger partial charge in [0.25, 0.3) is 0 Å². The van der Waals surface area contributed by atoms with Crippen LogP contribution in [0.4, 0.5) is 0 Å². The first kappa shape index (κ1) is 17.6. The lowest BCUT2D eigenvalue weighted by molar-refractivity contribution is 0.236. The molecule has 0 saturated carbocycles. The lowest BCUT2D eigenvalue weighted by Gasteiger charge is -2.22. The highest BCUT2D eigenvalue weighted by Crippen LogP contribution is 2.37. The molecule has 0 spiro atoms. The van der Waals surface area contributed by atoms with Crippen molar-refractivity contribution in [2.24, 2.45) is 0 Å². The Labute approximate surface area is 126 Å². The molecule has 6 nitrogen and oxygen atoms in total. The zero-order valence-corrected chi connectivity index (χ0v) is 13.5. The van der Waals surface area contributed by atoms with Crippen molar-refractivity contribution in [3.05, 3.63) is 17.7 Å². The van der Waals surface area contributed by atoms with Crippen molar-refractivity contribution in [2.45, 2.75) is 6.04 Å². The van der Waals surface area contributed by atoms with Crippen LogP contribution in [0.3, 0.4) is 0 Å². The van der Waals surface area contributed by atoms with Gasteiger partial charge in [-0.3, -0.25) is 0 Å². The van der Waals surface area contributed by atoms with E-state index in [1.165, 1.54) is 0 Å². The third kappa shape index (κ3) is 4.77. The zero-order chi connectivity index (χ0) is 15.8. The van der Waals surface area contributed by atoms with E-state index in [0.717, 1.165) is 18.7 Å². The van der Waals surface area contributed by atoms with Crippen molar-refractivity contribution in [1.29, 1.82) is 0 Å². The average molecular weight is 298 g/mol. The Bertz CT molecular complexity index is 438. The van der Waals surface area contributed by atoms with Gasteiger partial charge < -0.3 is 29.5 Å². The van der Waals surface area contributed by atoms with Gasteiger partial charge in [0.15, 0.2) is 11.5 Å². The Balaban J connectivity index is 3.00. The van der Waals surface area contributed by atoms with Crippen LogP contribution in [0.15, 0.2) is 12.1 Å².